The van der Waals surface area contributed by atoms with Crippen molar-refractivity contribution in [3.05, 3.63) is 34.9 Å². The number of hydrogen-bond donors (Lipinski definition) is 0. The molecular formula is C18H26O. The molecule has 19 heavy (non-hydrogen) atoms. The third-order valence-electron chi connectivity index (χ3n) is 4.74. The van der Waals surface area contributed by atoms with Crippen LogP contribution in [-0.4, -0.2) is 5.78 Å². The highest BCUT2D eigenvalue weighted by atomic mass is 16.1. The van der Waals surface area contributed by atoms with Gasteiger partial charge in [-0.05, 0) is 63.0 Å². The molecule has 1 fully saturated rings. The Morgan fingerprint density at radius 3 is 2.32 bits per heavy atom. The van der Waals surface area contributed by atoms with E-state index in [2.05, 4.69) is 39.0 Å². The molecule has 2 rings (SSSR count). The van der Waals surface area contributed by atoms with Gasteiger partial charge in [0, 0.05) is 11.5 Å². The molecule has 1 aromatic carbocycles. The molecule has 0 unspecified atom stereocenters. The molecule has 104 valence electrons. The summed E-state index contributed by atoms with van der Waals surface area (Å²) in [5.41, 5.74) is 3.26. The van der Waals surface area contributed by atoms with E-state index in [4.69, 9.17) is 0 Å². The Balaban J connectivity index is 2.07. The first-order valence-corrected chi connectivity index (χ1v) is 7.60. The third kappa shape index (κ3) is 3.26. The van der Waals surface area contributed by atoms with E-state index >= 15 is 0 Å². The summed E-state index contributed by atoms with van der Waals surface area (Å²) in [6.45, 7) is 8.72. The van der Waals surface area contributed by atoms with E-state index in [1.807, 2.05) is 6.92 Å². The minimum atomic E-state index is 0.260. The predicted octanol–water partition coefficient (Wildman–Crippen LogP) is 4.95. The highest BCUT2D eigenvalue weighted by molar-refractivity contribution is 5.99. The Bertz CT molecular complexity index is 451. The normalized spacial score (nSPS) is 23.6. The summed E-state index contributed by atoms with van der Waals surface area (Å²) in [6.07, 6.45) is 4.60. The van der Waals surface area contributed by atoms with Gasteiger partial charge in [0.25, 0.3) is 0 Å². The van der Waals surface area contributed by atoms with Gasteiger partial charge in [-0.25, -0.2) is 0 Å². The van der Waals surface area contributed by atoms with Crippen LogP contribution in [0, 0.1) is 31.6 Å². The molecule has 0 atom stereocenters. The molecule has 1 nitrogen and oxygen atoms in total. The highest BCUT2D eigenvalue weighted by Gasteiger charge is 2.28. The quantitative estimate of drug-likeness (QED) is 0.701. The van der Waals surface area contributed by atoms with Crippen molar-refractivity contribution in [1.29, 1.82) is 0 Å². The Hall–Kier alpha value is -1.11. The van der Waals surface area contributed by atoms with Crippen molar-refractivity contribution in [1.82, 2.24) is 0 Å². The molecule has 0 saturated heterocycles. The van der Waals surface area contributed by atoms with E-state index in [1.54, 1.807) is 0 Å². The van der Waals surface area contributed by atoms with Crippen LogP contribution in [0.4, 0.5) is 0 Å². The lowest BCUT2D eigenvalue weighted by Gasteiger charge is -2.30. The lowest BCUT2D eigenvalue weighted by molar-refractivity contribution is 0.0858. The average Bonchev–Trinajstić information content (AvgIpc) is 2.41. The molecule has 0 amide bonds. The second-order valence-electron chi connectivity index (χ2n) is 6.54. The van der Waals surface area contributed by atoms with Crippen LogP contribution in [0.3, 0.4) is 0 Å². The largest absolute Gasteiger partial charge is 0.294 e. The highest BCUT2D eigenvalue weighted by Crippen LogP contribution is 2.35. The second kappa shape index (κ2) is 5.90. The van der Waals surface area contributed by atoms with Gasteiger partial charge < -0.3 is 0 Å². The first-order valence-electron chi connectivity index (χ1n) is 7.60. The number of ketones is 1. The summed E-state index contributed by atoms with van der Waals surface area (Å²) in [4.78, 5) is 12.6. The van der Waals surface area contributed by atoms with Gasteiger partial charge in [-0.3, -0.25) is 4.79 Å². The Labute approximate surface area is 117 Å². The predicted molar refractivity (Wildman–Crippen MR) is 80.5 cm³/mol. The van der Waals surface area contributed by atoms with Crippen LogP contribution in [0.5, 0.6) is 0 Å². The van der Waals surface area contributed by atoms with E-state index in [-0.39, 0.29) is 5.92 Å². The van der Waals surface area contributed by atoms with Crippen LogP contribution >= 0.6 is 0 Å². The van der Waals surface area contributed by atoms with E-state index in [9.17, 15) is 4.79 Å². The third-order valence-corrected chi connectivity index (χ3v) is 4.74. The Kier molecular flexibility index (Phi) is 4.44. The molecule has 1 heteroatoms. The maximum atomic E-state index is 12.6. The van der Waals surface area contributed by atoms with Gasteiger partial charge in [0.15, 0.2) is 5.78 Å². The first kappa shape index (κ1) is 14.3. The maximum absolute atomic E-state index is 12.6. The van der Waals surface area contributed by atoms with E-state index in [0.717, 1.165) is 35.8 Å². The first-order chi connectivity index (χ1) is 8.99. The molecule has 0 spiro atoms. The van der Waals surface area contributed by atoms with Gasteiger partial charge in [-0.1, -0.05) is 31.5 Å². The van der Waals surface area contributed by atoms with Crippen LogP contribution in [0.1, 0.15) is 61.0 Å². The van der Waals surface area contributed by atoms with E-state index in [1.165, 1.54) is 18.4 Å². The molecule has 0 aliphatic heterocycles. The summed E-state index contributed by atoms with van der Waals surface area (Å²) >= 11 is 0. The van der Waals surface area contributed by atoms with Crippen molar-refractivity contribution in [2.45, 2.75) is 53.4 Å². The van der Waals surface area contributed by atoms with Crippen LogP contribution in [0.25, 0.3) is 0 Å². The number of Topliss-reactive ketones (excluding diaryl/α,β-unsaturated/α-hetero) is 1. The number of carbonyl (C=O) groups is 1. The van der Waals surface area contributed by atoms with Crippen LogP contribution < -0.4 is 0 Å². The van der Waals surface area contributed by atoms with Gasteiger partial charge in [0.05, 0.1) is 0 Å². The Morgan fingerprint density at radius 2 is 1.74 bits per heavy atom. The summed E-state index contributed by atoms with van der Waals surface area (Å²) in [7, 11) is 0. The molecule has 1 saturated carbocycles. The standard InChI is InChI=1S/C18H26O/c1-12(2)15-7-9-16(10-8-15)18(19)17-11-13(3)5-6-14(17)4/h5-6,11-12,15-16H,7-10H2,1-4H3. The van der Waals surface area contributed by atoms with Gasteiger partial charge in [-0.15, -0.1) is 0 Å². The zero-order valence-electron chi connectivity index (χ0n) is 12.7. The molecule has 1 aromatic rings. The molecule has 0 N–H and O–H groups in total. The van der Waals surface area contributed by atoms with Crippen molar-refractivity contribution >= 4 is 5.78 Å². The molecular weight excluding hydrogens is 232 g/mol. The number of aryl methyl sites for hydroxylation is 2. The smallest absolute Gasteiger partial charge is 0.166 e. The van der Waals surface area contributed by atoms with Crippen molar-refractivity contribution in [3.63, 3.8) is 0 Å². The Morgan fingerprint density at radius 1 is 1.11 bits per heavy atom. The summed E-state index contributed by atoms with van der Waals surface area (Å²) in [5.74, 6) is 2.22. The number of carbonyl (C=O) groups excluding carboxylic acids is 1. The SMILES string of the molecule is Cc1ccc(C)c(C(=O)C2CCC(C(C)C)CC2)c1. The minimum Gasteiger partial charge on any atom is -0.294 e. The number of hydrogen-bond acceptors (Lipinski definition) is 1. The summed E-state index contributed by atoms with van der Waals surface area (Å²) in [5, 5.41) is 0. The van der Waals surface area contributed by atoms with Gasteiger partial charge in [0.1, 0.15) is 0 Å². The van der Waals surface area contributed by atoms with Crippen molar-refractivity contribution in [3.8, 4) is 0 Å². The topological polar surface area (TPSA) is 17.1 Å². The lowest BCUT2D eigenvalue weighted by atomic mass is 9.74. The van der Waals surface area contributed by atoms with Crippen molar-refractivity contribution in [2.24, 2.45) is 17.8 Å². The molecule has 0 aromatic heterocycles. The second-order valence-corrected chi connectivity index (χ2v) is 6.54. The molecule has 0 bridgehead atoms. The van der Waals surface area contributed by atoms with Gasteiger partial charge in [-0.2, -0.15) is 0 Å². The van der Waals surface area contributed by atoms with Crippen LogP contribution in [0.2, 0.25) is 0 Å². The molecule has 1 aliphatic carbocycles. The van der Waals surface area contributed by atoms with Crippen LogP contribution in [0.15, 0.2) is 18.2 Å². The maximum Gasteiger partial charge on any atom is 0.166 e. The zero-order chi connectivity index (χ0) is 14.0. The fourth-order valence-corrected chi connectivity index (χ4v) is 3.27. The molecule has 1 aliphatic rings. The molecule has 0 radical (unpaired) electrons. The van der Waals surface area contributed by atoms with Crippen molar-refractivity contribution in [2.75, 3.05) is 0 Å². The minimum absolute atomic E-state index is 0.260. The van der Waals surface area contributed by atoms with E-state index < -0.39 is 0 Å². The van der Waals surface area contributed by atoms with Crippen LogP contribution in [-0.2, 0) is 0 Å². The lowest BCUT2D eigenvalue weighted by Crippen LogP contribution is -2.24. The number of benzene rings is 1. The monoisotopic (exact) mass is 258 g/mol. The fraction of sp³-hybridized carbons (Fsp3) is 0.611. The van der Waals surface area contributed by atoms with Crippen molar-refractivity contribution < 1.29 is 4.79 Å². The van der Waals surface area contributed by atoms with E-state index in [0.29, 0.717) is 5.78 Å². The van der Waals surface area contributed by atoms with Gasteiger partial charge in [0.2, 0.25) is 0 Å². The number of rotatable bonds is 3. The summed E-state index contributed by atoms with van der Waals surface area (Å²) in [6, 6.07) is 6.22. The van der Waals surface area contributed by atoms with Gasteiger partial charge >= 0.3 is 0 Å². The zero-order valence-corrected chi connectivity index (χ0v) is 12.7. The summed E-state index contributed by atoms with van der Waals surface area (Å²) < 4.78 is 0. The average molecular weight is 258 g/mol. The molecule has 0 heterocycles. The fourth-order valence-electron chi connectivity index (χ4n) is 3.27.